The average Bonchev–Trinajstić information content (AvgIpc) is 2.15. The molecule has 0 unspecified atom stereocenters. The van der Waals surface area contributed by atoms with E-state index in [0.29, 0.717) is 12.0 Å². The van der Waals surface area contributed by atoms with Gasteiger partial charge in [-0.25, -0.2) is 4.79 Å². The summed E-state index contributed by atoms with van der Waals surface area (Å²) >= 11 is 0. The van der Waals surface area contributed by atoms with Gasteiger partial charge in [0.05, 0.1) is 5.56 Å². The first kappa shape index (κ1) is 12.4. The second-order valence-electron chi connectivity index (χ2n) is 5.04. The molecular weight excluding hydrogens is 204 g/mol. The molecule has 0 spiro atoms. The zero-order valence-electron chi connectivity index (χ0n) is 9.78. The highest BCUT2D eigenvalue weighted by Gasteiger charge is 2.17. The maximum atomic E-state index is 11.8. The van der Waals surface area contributed by atoms with Crippen LogP contribution in [-0.2, 0) is 0 Å². The van der Waals surface area contributed by atoms with Crippen LogP contribution in [0.25, 0.3) is 0 Å². The summed E-state index contributed by atoms with van der Waals surface area (Å²) in [6.45, 7) is 5.99. The minimum absolute atomic E-state index is 0.0458. The van der Waals surface area contributed by atoms with Gasteiger partial charge in [0, 0.05) is 12.0 Å². The number of rotatable bonds is 3. The van der Waals surface area contributed by atoms with Crippen molar-refractivity contribution in [1.29, 1.82) is 0 Å². The van der Waals surface area contributed by atoms with Gasteiger partial charge in [0.25, 0.3) is 0 Å². The fraction of sp³-hybridized carbons (Fsp3) is 0.385. The molecule has 1 aromatic rings. The van der Waals surface area contributed by atoms with Gasteiger partial charge < -0.3 is 5.11 Å². The smallest absolute Gasteiger partial charge is 0.335 e. The Hall–Kier alpha value is -1.64. The van der Waals surface area contributed by atoms with E-state index in [1.165, 1.54) is 12.1 Å². The van der Waals surface area contributed by atoms with E-state index in [-0.39, 0.29) is 16.8 Å². The molecule has 0 aliphatic heterocycles. The maximum absolute atomic E-state index is 11.8. The summed E-state index contributed by atoms with van der Waals surface area (Å²) in [5, 5.41) is 8.72. The van der Waals surface area contributed by atoms with E-state index in [1.807, 2.05) is 20.8 Å². The second kappa shape index (κ2) is 4.47. The third kappa shape index (κ3) is 3.50. The lowest BCUT2D eigenvalue weighted by Crippen LogP contribution is -2.13. The number of benzene rings is 1. The topological polar surface area (TPSA) is 54.4 Å². The number of carboxylic acids is 1. The van der Waals surface area contributed by atoms with Crippen LogP contribution >= 0.6 is 0 Å². The van der Waals surface area contributed by atoms with Crippen LogP contribution in [0.3, 0.4) is 0 Å². The van der Waals surface area contributed by atoms with E-state index >= 15 is 0 Å². The minimum Gasteiger partial charge on any atom is -0.478 e. The molecule has 0 amide bonds. The zero-order valence-corrected chi connectivity index (χ0v) is 9.78. The molecule has 0 aliphatic rings. The van der Waals surface area contributed by atoms with Crippen molar-refractivity contribution in [2.75, 3.05) is 0 Å². The van der Waals surface area contributed by atoms with Crippen molar-refractivity contribution in [3.8, 4) is 0 Å². The van der Waals surface area contributed by atoms with Crippen LogP contribution in [0.15, 0.2) is 24.3 Å². The van der Waals surface area contributed by atoms with Crippen LogP contribution in [0, 0.1) is 5.41 Å². The van der Waals surface area contributed by atoms with Crippen LogP contribution in [-0.4, -0.2) is 16.9 Å². The first-order valence-corrected chi connectivity index (χ1v) is 5.16. The Morgan fingerprint density at radius 3 is 1.88 bits per heavy atom. The molecule has 0 fully saturated rings. The molecule has 0 saturated heterocycles. The summed E-state index contributed by atoms with van der Waals surface area (Å²) in [4.78, 5) is 22.4. The van der Waals surface area contributed by atoms with Gasteiger partial charge in [0.1, 0.15) is 0 Å². The average molecular weight is 220 g/mol. The van der Waals surface area contributed by atoms with E-state index < -0.39 is 5.97 Å². The van der Waals surface area contributed by atoms with Gasteiger partial charge in [-0.05, 0) is 17.5 Å². The Morgan fingerprint density at radius 2 is 1.50 bits per heavy atom. The largest absolute Gasteiger partial charge is 0.478 e. The maximum Gasteiger partial charge on any atom is 0.335 e. The quantitative estimate of drug-likeness (QED) is 0.796. The monoisotopic (exact) mass is 220 g/mol. The molecule has 1 N–H and O–H groups in total. The van der Waals surface area contributed by atoms with Crippen molar-refractivity contribution >= 4 is 11.8 Å². The zero-order chi connectivity index (χ0) is 12.3. The Balaban J connectivity index is 2.82. The van der Waals surface area contributed by atoms with Crippen molar-refractivity contribution in [2.24, 2.45) is 5.41 Å². The third-order valence-corrected chi connectivity index (χ3v) is 2.14. The summed E-state index contributed by atoms with van der Waals surface area (Å²) in [5.41, 5.74) is 0.718. The highest BCUT2D eigenvalue weighted by Crippen LogP contribution is 2.21. The Labute approximate surface area is 95.1 Å². The summed E-state index contributed by atoms with van der Waals surface area (Å²) in [5.74, 6) is -0.931. The van der Waals surface area contributed by atoms with Gasteiger partial charge >= 0.3 is 5.97 Å². The van der Waals surface area contributed by atoms with Gasteiger partial charge in [-0.15, -0.1) is 0 Å². The Kier molecular flexibility index (Phi) is 3.48. The van der Waals surface area contributed by atoms with Crippen molar-refractivity contribution in [3.63, 3.8) is 0 Å². The minimum atomic E-state index is -0.977. The molecule has 86 valence electrons. The molecule has 0 radical (unpaired) electrons. The molecule has 0 bridgehead atoms. The predicted molar refractivity (Wildman–Crippen MR) is 61.8 cm³/mol. The van der Waals surface area contributed by atoms with Crippen LogP contribution in [0.1, 0.15) is 47.9 Å². The summed E-state index contributed by atoms with van der Waals surface area (Å²) in [6.07, 6.45) is 0.458. The van der Waals surface area contributed by atoms with Crippen molar-refractivity contribution < 1.29 is 14.7 Å². The first-order valence-electron chi connectivity index (χ1n) is 5.16. The van der Waals surface area contributed by atoms with Crippen molar-refractivity contribution in [3.05, 3.63) is 35.4 Å². The number of carbonyl (C=O) groups is 2. The molecule has 0 aliphatic carbocycles. The molecule has 1 aromatic carbocycles. The predicted octanol–water partition coefficient (Wildman–Crippen LogP) is 3.00. The van der Waals surface area contributed by atoms with Crippen LogP contribution < -0.4 is 0 Å². The van der Waals surface area contributed by atoms with Gasteiger partial charge in [0.15, 0.2) is 5.78 Å². The normalized spacial score (nSPS) is 11.2. The second-order valence-corrected chi connectivity index (χ2v) is 5.04. The Morgan fingerprint density at radius 1 is 1.06 bits per heavy atom. The summed E-state index contributed by atoms with van der Waals surface area (Å²) < 4.78 is 0. The highest BCUT2D eigenvalue weighted by molar-refractivity contribution is 5.97. The van der Waals surface area contributed by atoms with Gasteiger partial charge in [-0.3, -0.25) is 4.79 Å². The molecule has 3 nitrogen and oxygen atoms in total. The number of carbonyl (C=O) groups excluding carboxylic acids is 1. The van der Waals surface area contributed by atoms with E-state index in [9.17, 15) is 9.59 Å². The summed E-state index contributed by atoms with van der Waals surface area (Å²) in [6, 6.07) is 6.05. The fourth-order valence-corrected chi connectivity index (χ4v) is 1.38. The number of hydrogen-bond donors (Lipinski definition) is 1. The van der Waals surface area contributed by atoms with E-state index in [2.05, 4.69) is 0 Å². The number of aromatic carboxylic acids is 1. The van der Waals surface area contributed by atoms with Crippen LogP contribution in [0.4, 0.5) is 0 Å². The van der Waals surface area contributed by atoms with Crippen molar-refractivity contribution in [1.82, 2.24) is 0 Å². The molecule has 0 aromatic heterocycles. The van der Waals surface area contributed by atoms with E-state index in [0.717, 1.165) is 0 Å². The molecule has 16 heavy (non-hydrogen) atoms. The van der Waals surface area contributed by atoms with Crippen LogP contribution in [0.2, 0.25) is 0 Å². The van der Waals surface area contributed by atoms with Crippen LogP contribution in [0.5, 0.6) is 0 Å². The number of Topliss-reactive ketones (excluding diaryl/α,β-unsaturated/α-hetero) is 1. The molecular formula is C13H16O3. The van der Waals surface area contributed by atoms with Gasteiger partial charge in [0.2, 0.25) is 0 Å². The lowest BCUT2D eigenvalue weighted by atomic mass is 9.88. The van der Waals surface area contributed by atoms with Gasteiger partial charge in [-0.1, -0.05) is 32.9 Å². The number of ketones is 1. The summed E-state index contributed by atoms with van der Waals surface area (Å²) in [7, 11) is 0. The molecule has 1 rings (SSSR count). The lowest BCUT2D eigenvalue weighted by Gasteiger charge is -2.16. The number of hydrogen-bond acceptors (Lipinski definition) is 2. The lowest BCUT2D eigenvalue weighted by molar-refractivity contribution is 0.0696. The molecule has 0 atom stereocenters. The van der Waals surface area contributed by atoms with Gasteiger partial charge in [-0.2, -0.15) is 0 Å². The standard InChI is InChI=1S/C13H16O3/c1-13(2,3)8-11(14)9-4-6-10(7-5-9)12(15)16/h4-7H,8H2,1-3H3,(H,15,16). The molecule has 0 heterocycles. The fourth-order valence-electron chi connectivity index (χ4n) is 1.38. The highest BCUT2D eigenvalue weighted by atomic mass is 16.4. The van der Waals surface area contributed by atoms with E-state index in [4.69, 9.17) is 5.11 Å². The SMILES string of the molecule is CC(C)(C)CC(=O)c1ccc(C(=O)O)cc1. The molecule has 0 saturated carbocycles. The first-order chi connectivity index (χ1) is 7.29. The Bertz CT molecular complexity index is 396. The number of carboxylic acid groups (broad SMARTS) is 1. The van der Waals surface area contributed by atoms with Crippen molar-refractivity contribution in [2.45, 2.75) is 27.2 Å². The third-order valence-electron chi connectivity index (χ3n) is 2.14. The molecule has 3 heteroatoms. The van der Waals surface area contributed by atoms with E-state index in [1.54, 1.807) is 12.1 Å².